The fraction of sp³-hybridized carbons (Fsp3) is 0.439. The molecule has 8 rings (SSSR count). The van der Waals surface area contributed by atoms with E-state index in [1.807, 2.05) is 13.1 Å². The van der Waals surface area contributed by atoms with Gasteiger partial charge in [0, 0.05) is 75.8 Å². The minimum absolute atomic E-state index is 0.0322. The van der Waals surface area contributed by atoms with E-state index in [1.165, 1.54) is 25.4 Å². The number of urea groups is 1. The number of fused-ring (bicyclic) bond motifs is 2. The number of aromatic nitrogens is 5. The van der Waals surface area contributed by atoms with Gasteiger partial charge in [0.2, 0.25) is 21.9 Å². The SMILES string of the molecule is CC(Cc1cc(S(=O)(=O)N2CCC(Nc3ncc4ccc(=O)n(C)c4n3)CC2)ccc1C#N)CN1CCC(c2ccc3c(N4CCC(=O)NC4=O)nn(C)c3c2)CC1. The van der Waals surface area contributed by atoms with E-state index in [1.54, 1.807) is 42.2 Å². The number of aryl methyl sites for hydroxylation is 2. The van der Waals surface area contributed by atoms with Crippen molar-refractivity contribution < 1.29 is 18.0 Å². The van der Waals surface area contributed by atoms with E-state index in [9.17, 15) is 28.1 Å². The quantitative estimate of drug-likeness (QED) is 0.209. The number of carbonyl (C=O) groups excluding carboxylic acids is 2. The molecular formula is C41H47N11O5S. The predicted molar refractivity (Wildman–Crippen MR) is 219 cm³/mol. The number of nitriles is 1. The number of amides is 3. The van der Waals surface area contributed by atoms with E-state index in [0.717, 1.165) is 54.3 Å². The number of imide groups is 1. The van der Waals surface area contributed by atoms with Crippen LogP contribution in [-0.4, -0.2) is 99.2 Å². The van der Waals surface area contributed by atoms with Crippen LogP contribution in [0.1, 0.15) is 61.6 Å². The molecule has 6 heterocycles. The minimum atomic E-state index is -3.79. The zero-order chi connectivity index (χ0) is 40.7. The Balaban J connectivity index is 0.859. The molecule has 0 bridgehead atoms. The lowest BCUT2D eigenvalue weighted by Crippen LogP contribution is -2.49. The van der Waals surface area contributed by atoms with Crippen LogP contribution in [0.15, 0.2) is 64.4 Å². The molecule has 302 valence electrons. The van der Waals surface area contributed by atoms with Gasteiger partial charge in [0.25, 0.3) is 5.56 Å². The van der Waals surface area contributed by atoms with Crippen molar-refractivity contribution in [1.82, 2.24) is 38.8 Å². The Bertz CT molecular complexity index is 2620. The maximum Gasteiger partial charge on any atom is 0.329 e. The number of nitrogens with one attached hydrogen (secondary N) is 2. The summed E-state index contributed by atoms with van der Waals surface area (Å²) < 4.78 is 32.5. The molecule has 5 aromatic rings. The van der Waals surface area contributed by atoms with Crippen LogP contribution in [0.3, 0.4) is 0 Å². The number of rotatable bonds is 10. The van der Waals surface area contributed by atoms with Crippen molar-refractivity contribution >= 4 is 55.7 Å². The number of hydrogen-bond donors (Lipinski definition) is 2. The Hall–Kier alpha value is -5.70. The van der Waals surface area contributed by atoms with Gasteiger partial charge in [0.15, 0.2) is 5.82 Å². The van der Waals surface area contributed by atoms with Crippen molar-refractivity contribution in [2.45, 2.75) is 62.3 Å². The fourth-order valence-corrected chi connectivity index (χ4v) is 10.1. The highest BCUT2D eigenvalue weighted by atomic mass is 32.2. The minimum Gasteiger partial charge on any atom is -0.351 e. The molecule has 1 atom stereocenters. The standard InChI is InChI=1S/C41H47N11O5S/c1-26(25-50-15-10-27(11-16-50)28-5-8-34-35(22-28)49(3)47-39(34)52-19-14-36(53)45-41(52)55)20-31-21-33(7-4-29(31)23-42)58(56,57)51-17-12-32(13-18-51)44-40-43-24-30-6-9-37(54)48(2)38(30)46-40/h4-9,21-22,24,26-27,32H,10-20,25H2,1-3H3,(H,43,44,46)(H,45,53,55). The summed E-state index contributed by atoms with van der Waals surface area (Å²) in [4.78, 5) is 49.4. The number of pyridine rings is 1. The zero-order valence-corrected chi connectivity index (χ0v) is 33.7. The van der Waals surface area contributed by atoms with Gasteiger partial charge in [-0.05, 0) is 105 Å². The molecule has 3 aromatic heterocycles. The molecule has 3 aliphatic rings. The van der Waals surface area contributed by atoms with Crippen LogP contribution < -0.4 is 21.1 Å². The van der Waals surface area contributed by atoms with E-state index in [4.69, 9.17) is 0 Å². The zero-order valence-electron chi connectivity index (χ0n) is 32.9. The molecule has 3 fully saturated rings. The maximum atomic E-state index is 13.9. The lowest BCUT2D eigenvalue weighted by molar-refractivity contribution is -0.120. The van der Waals surface area contributed by atoms with E-state index < -0.39 is 16.1 Å². The molecule has 0 saturated carbocycles. The van der Waals surface area contributed by atoms with E-state index in [-0.39, 0.29) is 34.7 Å². The molecule has 3 amide bonds. The molecule has 3 saturated heterocycles. The van der Waals surface area contributed by atoms with Crippen LogP contribution in [0.25, 0.3) is 21.9 Å². The van der Waals surface area contributed by atoms with Crippen LogP contribution in [0.5, 0.6) is 0 Å². The average Bonchev–Trinajstić information content (AvgIpc) is 3.54. The Morgan fingerprint density at radius 3 is 2.48 bits per heavy atom. The normalized spacial score (nSPS) is 18.4. The molecule has 1 unspecified atom stereocenters. The first-order valence-electron chi connectivity index (χ1n) is 19.8. The summed E-state index contributed by atoms with van der Waals surface area (Å²) in [5.74, 6) is 1.24. The van der Waals surface area contributed by atoms with Crippen LogP contribution in [0.2, 0.25) is 0 Å². The Labute approximate surface area is 336 Å². The maximum absolute atomic E-state index is 13.9. The topological polar surface area (TPSA) is 191 Å². The van der Waals surface area contributed by atoms with Crippen molar-refractivity contribution in [2.75, 3.05) is 49.5 Å². The average molecular weight is 806 g/mol. The lowest BCUT2D eigenvalue weighted by atomic mass is 9.88. The largest absolute Gasteiger partial charge is 0.351 e. The fourth-order valence-electron chi connectivity index (χ4n) is 8.60. The highest BCUT2D eigenvalue weighted by Crippen LogP contribution is 2.34. The first kappa shape index (κ1) is 39.1. The Morgan fingerprint density at radius 2 is 1.74 bits per heavy atom. The molecule has 58 heavy (non-hydrogen) atoms. The number of nitrogens with zero attached hydrogens (tertiary/aromatic N) is 9. The van der Waals surface area contributed by atoms with Crippen LogP contribution in [0, 0.1) is 17.2 Å². The second kappa shape index (κ2) is 15.9. The summed E-state index contributed by atoms with van der Waals surface area (Å²) in [6.07, 6.45) is 5.59. The van der Waals surface area contributed by atoms with Gasteiger partial charge in [-0.25, -0.2) is 18.2 Å². The first-order valence-corrected chi connectivity index (χ1v) is 21.2. The molecule has 3 aliphatic heterocycles. The third-order valence-corrected chi connectivity index (χ3v) is 13.7. The summed E-state index contributed by atoms with van der Waals surface area (Å²) in [6, 6.07) is 16.1. The molecule has 17 heteroatoms. The van der Waals surface area contributed by atoms with Crippen molar-refractivity contribution in [3.63, 3.8) is 0 Å². The summed E-state index contributed by atoms with van der Waals surface area (Å²) in [6.45, 7) is 5.77. The van der Waals surface area contributed by atoms with Gasteiger partial charge in [0.05, 0.1) is 22.0 Å². The van der Waals surface area contributed by atoms with Crippen molar-refractivity contribution in [1.29, 1.82) is 5.26 Å². The first-order chi connectivity index (χ1) is 27.9. The van der Waals surface area contributed by atoms with Gasteiger partial charge in [-0.1, -0.05) is 13.0 Å². The Kier molecular flexibility index (Phi) is 10.7. The highest BCUT2D eigenvalue weighted by molar-refractivity contribution is 7.89. The molecule has 0 radical (unpaired) electrons. The van der Waals surface area contributed by atoms with Crippen LogP contribution in [0.4, 0.5) is 16.6 Å². The molecular weight excluding hydrogens is 759 g/mol. The number of benzene rings is 2. The third kappa shape index (κ3) is 7.79. The number of likely N-dealkylation sites (tertiary alicyclic amines) is 1. The second-order valence-corrected chi connectivity index (χ2v) is 17.8. The van der Waals surface area contributed by atoms with Gasteiger partial charge in [-0.2, -0.15) is 19.6 Å². The van der Waals surface area contributed by atoms with E-state index >= 15 is 0 Å². The second-order valence-electron chi connectivity index (χ2n) is 15.8. The smallest absolute Gasteiger partial charge is 0.329 e. The predicted octanol–water partition coefficient (Wildman–Crippen LogP) is 3.86. The van der Waals surface area contributed by atoms with Crippen LogP contribution >= 0.6 is 0 Å². The van der Waals surface area contributed by atoms with Gasteiger partial charge >= 0.3 is 6.03 Å². The number of anilines is 2. The molecule has 16 nitrogen and oxygen atoms in total. The van der Waals surface area contributed by atoms with Crippen molar-refractivity contribution in [3.05, 3.63) is 81.8 Å². The molecule has 2 N–H and O–H groups in total. The summed E-state index contributed by atoms with van der Waals surface area (Å²) in [7, 11) is -0.252. The highest BCUT2D eigenvalue weighted by Gasteiger charge is 2.32. The summed E-state index contributed by atoms with van der Waals surface area (Å²) in [5.41, 5.74) is 3.77. The molecule has 0 aliphatic carbocycles. The number of piperidine rings is 2. The third-order valence-electron chi connectivity index (χ3n) is 11.8. The van der Waals surface area contributed by atoms with Gasteiger partial charge in [-0.3, -0.25) is 29.1 Å². The Morgan fingerprint density at radius 1 is 0.966 bits per heavy atom. The van der Waals surface area contributed by atoms with Gasteiger partial charge < -0.3 is 10.2 Å². The summed E-state index contributed by atoms with van der Waals surface area (Å²) in [5, 5.41) is 21.9. The van der Waals surface area contributed by atoms with Crippen molar-refractivity contribution in [2.24, 2.45) is 20.0 Å². The monoisotopic (exact) mass is 805 g/mol. The van der Waals surface area contributed by atoms with E-state index in [2.05, 4.69) is 55.7 Å². The van der Waals surface area contributed by atoms with E-state index in [0.29, 0.717) is 67.8 Å². The van der Waals surface area contributed by atoms with Gasteiger partial charge in [0.1, 0.15) is 5.65 Å². The number of hydrogen-bond acceptors (Lipinski definition) is 11. The number of sulfonamides is 1. The van der Waals surface area contributed by atoms with Crippen LogP contribution in [-0.2, 0) is 35.3 Å². The van der Waals surface area contributed by atoms with Gasteiger partial charge in [-0.15, -0.1) is 0 Å². The molecule has 0 spiro atoms. The lowest BCUT2D eigenvalue weighted by Gasteiger charge is -2.34. The van der Waals surface area contributed by atoms with Crippen molar-refractivity contribution in [3.8, 4) is 6.07 Å². The molecule has 2 aromatic carbocycles. The summed E-state index contributed by atoms with van der Waals surface area (Å²) >= 11 is 0. The number of carbonyl (C=O) groups is 2.